The van der Waals surface area contributed by atoms with Gasteiger partial charge in [0.05, 0.1) is 6.10 Å². The zero-order valence-electron chi connectivity index (χ0n) is 11.9. The van der Waals surface area contributed by atoms with Crippen molar-refractivity contribution in [3.8, 4) is 5.75 Å². The minimum atomic E-state index is 0.135. The Morgan fingerprint density at radius 2 is 2.20 bits per heavy atom. The summed E-state index contributed by atoms with van der Waals surface area (Å²) in [5.74, 6) is 1.70. The summed E-state index contributed by atoms with van der Waals surface area (Å²) in [5, 5.41) is 10.0. The maximum Gasteiger partial charge on any atom is 0.137 e. The van der Waals surface area contributed by atoms with Gasteiger partial charge in [0.25, 0.3) is 0 Å². The topological polar surface area (TPSA) is 88.8 Å². The minimum absolute atomic E-state index is 0.135. The first-order valence-corrected chi connectivity index (χ1v) is 6.79. The lowest BCUT2D eigenvalue weighted by Crippen LogP contribution is -2.08. The van der Waals surface area contributed by atoms with Crippen molar-refractivity contribution in [2.75, 3.05) is 17.6 Å². The number of anilines is 2. The van der Waals surface area contributed by atoms with Crippen molar-refractivity contribution in [1.29, 1.82) is 0 Å². The number of hydrogen-bond donors (Lipinski definition) is 3. The van der Waals surface area contributed by atoms with Gasteiger partial charge in [0.2, 0.25) is 0 Å². The van der Waals surface area contributed by atoms with Crippen LogP contribution < -0.4 is 15.8 Å². The Morgan fingerprint density at radius 3 is 2.90 bits per heavy atom. The molecule has 0 saturated heterocycles. The summed E-state index contributed by atoms with van der Waals surface area (Å²) in [6.07, 6.45) is 3.49. The van der Waals surface area contributed by atoms with Crippen LogP contribution in [0, 0.1) is 0 Å². The summed E-state index contributed by atoms with van der Waals surface area (Å²) in [6, 6.07) is 5.70. The van der Waals surface area contributed by atoms with Crippen LogP contribution in [-0.2, 0) is 6.42 Å². The molecule has 0 aliphatic rings. The number of nitrogens with two attached hydrogens (primary N) is 1. The number of aromatic nitrogens is 3. The van der Waals surface area contributed by atoms with Gasteiger partial charge >= 0.3 is 0 Å². The van der Waals surface area contributed by atoms with E-state index in [4.69, 9.17) is 10.5 Å². The van der Waals surface area contributed by atoms with E-state index in [-0.39, 0.29) is 6.10 Å². The highest BCUT2D eigenvalue weighted by Gasteiger charge is 2.02. The van der Waals surface area contributed by atoms with E-state index in [0.29, 0.717) is 5.69 Å². The summed E-state index contributed by atoms with van der Waals surface area (Å²) >= 11 is 0. The van der Waals surface area contributed by atoms with Crippen molar-refractivity contribution in [3.63, 3.8) is 0 Å². The molecule has 1 heterocycles. The Kier molecular flexibility index (Phi) is 4.81. The van der Waals surface area contributed by atoms with Crippen LogP contribution in [0.15, 0.2) is 24.5 Å². The van der Waals surface area contributed by atoms with Crippen LogP contribution in [0.25, 0.3) is 0 Å². The second-order valence-corrected chi connectivity index (χ2v) is 4.92. The molecule has 0 amide bonds. The first kappa shape index (κ1) is 14.2. The molecule has 6 nitrogen and oxygen atoms in total. The smallest absolute Gasteiger partial charge is 0.137 e. The molecule has 0 fully saturated rings. The molecule has 20 heavy (non-hydrogen) atoms. The summed E-state index contributed by atoms with van der Waals surface area (Å²) in [4.78, 5) is 4.09. The van der Waals surface area contributed by atoms with Gasteiger partial charge in [-0.25, -0.2) is 4.98 Å². The molecule has 0 radical (unpaired) electrons. The Balaban J connectivity index is 1.84. The van der Waals surface area contributed by atoms with E-state index in [1.807, 2.05) is 32.0 Å². The second-order valence-electron chi connectivity index (χ2n) is 4.92. The van der Waals surface area contributed by atoms with Crippen LogP contribution >= 0.6 is 0 Å². The molecule has 0 bridgehead atoms. The summed E-state index contributed by atoms with van der Waals surface area (Å²) < 4.78 is 5.66. The van der Waals surface area contributed by atoms with Crippen molar-refractivity contribution in [2.24, 2.45) is 0 Å². The third-order valence-electron chi connectivity index (χ3n) is 2.69. The summed E-state index contributed by atoms with van der Waals surface area (Å²) in [6.45, 7) is 4.83. The summed E-state index contributed by atoms with van der Waals surface area (Å²) in [7, 11) is 0. The number of nitrogens with one attached hydrogen (secondary N) is 2. The van der Waals surface area contributed by atoms with Gasteiger partial charge in [-0.3, -0.25) is 5.10 Å². The fourth-order valence-electron chi connectivity index (χ4n) is 1.90. The second kappa shape index (κ2) is 6.79. The number of ether oxygens (including phenoxy) is 1. The molecule has 4 N–H and O–H groups in total. The van der Waals surface area contributed by atoms with Gasteiger partial charge in [-0.1, -0.05) is 0 Å². The normalized spacial score (nSPS) is 10.8. The summed E-state index contributed by atoms with van der Waals surface area (Å²) in [5.41, 5.74) is 7.54. The van der Waals surface area contributed by atoms with E-state index in [0.717, 1.165) is 36.6 Å². The SMILES string of the molecule is CC(C)Oc1cc(N)cc(NCCCc2ncn[nH]2)c1. The molecular weight excluding hydrogens is 254 g/mol. The van der Waals surface area contributed by atoms with E-state index in [2.05, 4.69) is 20.5 Å². The predicted molar refractivity (Wildman–Crippen MR) is 79.8 cm³/mol. The van der Waals surface area contributed by atoms with Crippen LogP contribution in [0.4, 0.5) is 11.4 Å². The molecule has 108 valence electrons. The highest BCUT2D eigenvalue weighted by Crippen LogP contribution is 2.23. The van der Waals surface area contributed by atoms with Crippen molar-refractivity contribution in [3.05, 3.63) is 30.4 Å². The third-order valence-corrected chi connectivity index (χ3v) is 2.69. The molecule has 6 heteroatoms. The lowest BCUT2D eigenvalue weighted by Gasteiger charge is -2.13. The zero-order valence-corrected chi connectivity index (χ0v) is 11.9. The minimum Gasteiger partial charge on any atom is -0.491 e. The predicted octanol–water partition coefficient (Wildman–Crippen LogP) is 2.22. The number of benzene rings is 1. The highest BCUT2D eigenvalue weighted by molar-refractivity contribution is 5.59. The van der Waals surface area contributed by atoms with Gasteiger partial charge in [0.1, 0.15) is 17.9 Å². The maximum atomic E-state index is 5.87. The Hall–Kier alpha value is -2.24. The van der Waals surface area contributed by atoms with Gasteiger partial charge in [0, 0.05) is 36.5 Å². The number of hydrogen-bond acceptors (Lipinski definition) is 5. The van der Waals surface area contributed by atoms with Gasteiger partial charge < -0.3 is 15.8 Å². The number of H-pyrrole nitrogens is 1. The largest absolute Gasteiger partial charge is 0.491 e. The molecule has 0 spiro atoms. The highest BCUT2D eigenvalue weighted by atomic mass is 16.5. The van der Waals surface area contributed by atoms with Gasteiger partial charge in [-0.15, -0.1) is 0 Å². The lowest BCUT2D eigenvalue weighted by molar-refractivity contribution is 0.242. The van der Waals surface area contributed by atoms with Crippen LogP contribution in [-0.4, -0.2) is 27.8 Å². The van der Waals surface area contributed by atoms with Crippen molar-refractivity contribution >= 4 is 11.4 Å². The molecule has 0 aliphatic carbocycles. The number of aromatic amines is 1. The quantitative estimate of drug-likeness (QED) is 0.532. The van der Waals surface area contributed by atoms with E-state index >= 15 is 0 Å². The molecule has 0 unspecified atom stereocenters. The van der Waals surface area contributed by atoms with Crippen LogP contribution in [0.3, 0.4) is 0 Å². The van der Waals surface area contributed by atoms with Crippen molar-refractivity contribution < 1.29 is 4.74 Å². The molecule has 0 atom stereocenters. The monoisotopic (exact) mass is 275 g/mol. The average molecular weight is 275 g/mol. The van der Waals surface area contributed by atoms with Gasteiger partial charge in [-0.05, 0) is 26.3 Å². The molecule has 2 rings (SSSR count). The first-order valence-electron chi connectivity index (χ1n) is 6.79. The maximum absolute atomic E-state index is 5.87. The first-order chi connectivity index (χ1) is 9.63. The fraction of sp³-hybridized carbons (Fsp3) is 0.429. The fourth-order valence-corrected chi connectivity index (χ4v) is 1.90. The van der Waals surface area contributed by atoms with Crippen LogP contribution in [0.1, 0.15) is 26.1 Å². The van der Waals surface area contributed by atoms with E-state index in [1.54, 1.807) is 0 Å². The van der Waals surface area contributed by atoms with Crippen molar-refractivity contribution in [1.82, 2.24) is 15.2 Å². The Morgan fingerprint density at radius 1 is 1.35 bits per heavy atom. The van der Waals surface area contributed by atoms with E-state index in [9.17, 15) is 0 Å². The van der Waals surface area contributed by atoms with E-state index in [1.165, 1.54) is 6.33 Å². The zero-order chi connectivity index (χ0) is 14.4. The van der Waals surface area contributed by atoms with Gasteiger partial charge in [-0.2, -0.15) is 5.10 Å². The molecule has 0 aliphatic heterocycles. The Bertz CT molecular complexity index is 524. The Labute approximate surface area is 118 Å². The molecule has 0 saturated carbocycles. The number of nitrogen functional groups attached to an aromatic ring is 1. The van der Waals surface area contributed by atoms with E-state index < -0.39 is 0 Å². The van der Waals surface area contributed by atoms with Crippen molar-refractivity contribution in [2.45, 2.75) is 32.8 Å². The standard InChI is InChI=1S/C14H21N5O/c1-10(2)20-13-7-11(15)6-12(8-13)16-5-3-4-14-17-9-18-19-14/h6-10,16H,3-5,15H2,1-2H3,(H,17,18,19). The average Bonchev–Trinajstić information content (AvgIpc) is 2.86. The van der Waals surface area contributed by atoms with Crippen LogP contribution in [0.5, 0.6) is 5.75 Å². The molecular formula is C14H21N5O. The lowest BCUT2D eigenvalue weighted by atomic mass is 10.2. The third kappa shape index (κ3) is 4.46. The molecule has 2 aromatic rings. The van der Waals surface area contributed by atoms with Gasteiger partial charge in [0.15, 0.2) is 0 Å². The number of aryl methyl sites for hydroxylation is 1. The number of rotatable bonds is 7. The van der Waals surface area contributed by atoms with Crippen LogP contribution in [0.2, 0.25) is 0 Å². The molecule has 1 aromatic carbocycles. The molecule has 1 aromatic heterocycles. The number of nitrogens with zero attached hydrogens (tertiary/aromatic N) is 2.